The van der Waals surface area contributed by atoms with Crippen LogP contribution in [-0.4, -0.2) is 12.4 Å². The van der Waals surface area contributed by atoms with Gasteiger partial charge in [-0.15, -0.1) is 0 Å². The Hall–Kier alpha value is -4.25. The number of hydrogen-bond acceptors (Lipinski definition) is 4. The first-order valence-electron chi connectivity index (χ1n) is 21.3. The Bertz CT molecular complexity index is 1970. The molecule has 4 aliphatic rings. The van der Waals surface area contributed by atoms with E-state index in [-0.39, 0.29) is 7.12 Å². The van der Waals surface area contributed by atoms with E-state index in [1.807, 2.05) is 87.3 Å². The van der Waals surface area contributed by atoms with Gasteiger partial charge in [0.05, 0.1) is 0 Å². The van der Waals surface area contributed by atoms with E-state index >= 15 is 0 Å². The van der Waals surface area contributed by atoms with Crippen molar-refractivity contribution in [1.29, 1.82) is 0 Å². The number of rotatable bonds is 0. The lowest BCUT2D eigenvalue weighted by Gasteiger charge is -2.31. The standard InChI is InChI=1S/C18H11BO2.C18H11BS2.2C6H14.2C2H6/c2*1-3-10-16-12(6-1)14-8-5-9-15-13-7-2-4-11-17(13)21-19(20-16)18(14)15;2*1-5-6(2,3)4;2*1-2/h2*1-11H;2*5H2,1-4H3;2*1-2H3. The van der Waals surface area contributed by atoms with E-state index in [9.17, 15) is 0 Å². The molecule has 6 heteroatoms. The molecule has 0 fully saturated rings. The van der Waals surface area contributed by atoms with Crippen molar-refractivity contribution < 1.29 is 9.31 Å². The number of para-hydroxylation sites is 2. The molecule has 4 aliphatic heterocycles. The maximum absolute atomic E-state index is 6.07. The zero-order valence-electron chi connectivity index (χ0n) is 36.9. The monoisotopic (exact) mass is 804 g/mol. The highest BCUT2D eigenvalue weighted by Gasteiger charge is 2.41. The van der Waals surface area contributed by atoms with Crippen molar-refractivity contribution >= 4 is 46.5 Å². The van der Waals surface area contributed by atoms with Crippen LogP contribution in [0.3, 0.4) is 0 Å². The van der Waals surface area contributed by atoms with E-state index in [1.54, 1.807) is 0 Å². The molecule has 300 valence electrons. The lowest BCUT2D eigenvalue weighted by molar-refractivity contribution is 0.397. The second-order valence-electron chi connectivity index (χ2n) is 16.5. The van der Waals surface area contributed by atoms with Gasteiger partial charge in [-0.05, 0) is 73.9 Å². The summed E-state index contributed by atoms with van der Waals surface area (Å²) in [6, 6.07) is 47.0. The lowest BCUT2D eigenvalue weighted by atomic mass is 9.66. The smallest absolute Gasteiger partial charge is 0.521 e. The van der Waals surface area contributed by atoms with Crippen molar-refractivity contribution in [2.45, 2.75) is 106 Å². The Morgan fingerprint density at radius 1 is 0.397 bits per heavy atom. The minimum absolute atomic E-state index is 0.360. The van der Waals surface area contributed by atoms with Gasteiger partial charge in [0.15, 0.2) is 0 Å². The number of fused-ring (bicyclic) bond motifs is 8. The molecule has 0 bridgehead atoms. The SMILES string of the molecule is CC.CC.CCC(C)(C)C.CCC(C)(C)C.c1ccc2c(c1)OB1Oc3ccccc3-c3cccc-2c31.c1ccc2c(c1)SB1Sc3ccccc3-c3cccc-2c31. The highest BCUT2D eigenvalue weighted by Crippen LogP contribution is 2.49. The summed E-state index contributed by atoms with van der Waals surface area (Å²) in [6.45, 7) is 25.9. The topological polar surface area (TPSA) is 18.5 Å². The average molecular weight is 805 g/mol. The van der Waals surface area contributed by atoms with E-state index in [0.717, 1.165) is 28.1 Å². The quantitative estimate of drug-likeness (QED) is 0.142. The molecule has 0 amide bonds. The van der Waals surface area contributed by atoms with Gasteiger partial charge >= 0.3 is 12.4 Å². The molecule has 0 N–H and O–H groups in total. The van der Waals surface area contributed by atoms with E-state index in [1.165, 1.54) is 61.5 Å². The van der Waals surface area contributed by atoms with Crippen molar-refractivity contribution in [3.8, 4) is 56.0 Å². The minimum atomic E-state index is -0.360. The Morgan fingerprint density at radius 2 is 0.690 bits per heavy atom. The first-order valence-corrected chi connectivity index (χ1v) is 23.0. The Balaban J connectivity index is 0.000000163. The number of hydrogen-bond donors (Lipinski definition) is 0. The molecule has 0 aliphatic carbocycles. The van der Waals surface area contributed by atoms with Gasteiger partial charge in [-0.1, -0.05) is 205 Å². The molecular formula is C52H62B2O2S2. The molecule has 0 aromatic heterocycles. The van der Waals surface area contributed by atoms with Crippen molar-refractivity contribution in [3.05, 3.63) is 133 Å². The van der Waals surface area contributed by atoms with E-state index in [0.29, 0.717) is 16.1 Å². The first kappa shape index (κ1) is 44.8. The molecule has 58 heavy (non-hydrogen) atoms. The van der Waals surface area contributed by atoms with E-state index in [2.05, 4.69) is 152 Å². The molecule has 0 spiro atoms. The average Bonchev–Trinajstić information content (AvgIpc) is 3.25. The molecular weight excluding hydrogens is 742 g/mol. The van der Waals surface area contributed by atoms with Crippen LogP contribution in [0.15, 0.2) is 143 Å². The Kier molecular flexibility index (Phi) is 15.6. The molecule has 0 saturated carbocycles. The van der Waals surface area contributed by atoms with Crippen molar-refractivity contribution in [1.82, 2.24) is 0 Å². The molecule has 0 atom stereocenters. The fraction of sp³-hybridized carbons (Fsp3) is 0.308. The van der Waals surface area contributed by atoms with Crippen LogP contribution in [0.2, 0.25) is 0 Å². The van der Waals surface area contributed by atoms with Crippen LogP contribution < -0.4 is 20.2 Å². The molecule has 6 aromatic carbocycles. The third kappa shape index (κ3) is 10.3. The summed E-state index contributed by atoms with van der Waals surface area (Å²) >= 11 is 3.98. The van der Waals surface area contributed by atoms with Gasteiger partial charge in [0.1, 0.15) is 11.5 Å². The summed E-state index contributed by atoms with van der Waals surface area (Å²) in [4.78, 5) is 2.80. The minimum Gasteiger partial charge on any atom is -0.521 e. The lowest BCUT2D eigenvalue weighted by Crippen LogP contribution is -2.48. The molecule has 0 unspecified atom stereocenters. The fourth-order valence-corrected chi connectivity index (χ4v) is 9.43. The maximum Gasteiger partial charge on any atom is 0.633 e. The van der Waals surface area contributed by atoms with E-state index in [4.69, 9.17) is 9.31 Å². The van der Waals surface area contributed by atoms with Crippen molar-refractivity contribution in [2.24, 2.45) is 10.8 Å². The predicted molar refractivity (Wildman–Crippen MR) is 261 cm³/mol. The maximum atomic E-state index is 6.07. The first-order chi connectivity index (χ1) is 28.0. The van der Waals surface area contributed by atoms with Crippen LogP contribution in [0.1, 0.15) is 95.9 Å². The molecule has 4 heterocycles. The normalized spacial score (nSPS) is 12.7. The fourth-order valence-electron chi connectivity index (χ4n) is 6.49. The third-order valence-electron chi connectivity index (χ3n) is 10.4. The third-order valence-corrected chi connectivity index (χ3v) is 13.1. The second-order valence-corrected chi connectivity index (χ2v) is 19.1. The van der Waals surface area contributed by atoms with Gasteiger partial charge in [0.2, 0.25) is 0 Å². The highest BCUT2D eigenvalue weighted by atomic mass is 32.2. The van der Waals surface area contributed by atoms with Crippen LogP contribution in [0, 0.1) is 10.8 Å². The second kappa shape index (κ2) is 20.1. The van der Waals surface area contributed by atoms with Gasteiger partial charge in [-0.3, -0.25) is 0 Å². The number of benzene rings is 6. The zero-order valence-corrected chi connectivity index (χ0v) is 38.5. The zero-order chi connectivity index (χ0) is 42.0. The van der Waals surface area contributed by atoms with Crippen molar-refractivity contribution in [3.63, 3.8) is 0 Å². The summed E-state index contributed by atoms with van der Waals surface area (Å²) < 4.78 is 12.1. The van der Waals surface area contributed by atoms with E-state index < -0.39 is 0 Å². The Labute approximate surface area is 360 Å². The van der Waals surface area contributed by atoms with Crippen LogP contribution in [-0.2, 0) is 0 Å². The summed E-state index contributed by atoms with van der Waals surface area (Å²) in [5.74, 6) is 1.76. The largest absolute Gasteiger partial charge is 0.633 e. The molecule has 2 nitrogen and oxygen atoms in total. The summed E-state index contributed by atoms with van der Waals surface area (Å²) in [6.07, 6.45) is 2.54. The highest BCUT2D eigenvalue weighted by molar-refractivity contribution is 8.56. The van der Waals surface area contributed by atoms with Gasteiger partial charge in [-0.2, -0.15) is 23.2 Å². The molecule has 0 saturated heterocycles. The summed E-state index contributed by atoms with van der Waals surface area (Å²) in [7, 11) is -0.360. The van der Waals surface area contributed by atoms with Crippen molar-refractivity contribution in [2.75, 3.05) is 0 Å². The Morgan fingerprint density at radius 3 is 1.05 bits per heavy atom. The molecule has 10 rings (SSSR count). The van der Waals surface area contributed by atoms with Gasteiger partial charge in [0.25, 0.3) is 0 Å². The van der Waals surface area contributed by atoms with Gasteiger partial charge < -0.3 is 9.31 Å². The van der Waals surface area contributed by atoms with Crippen LogP contribution in [0.25, 0.3) is 44.5 Å². The van der Waals surface area contributed by atoms with Crippen LogP contribution >= 0.6 is 23.2 Å². The van der Waals surface area contributed by atoms with Gasteiger partial charge in [0, 0.05) is 26.4 Å². The summed E-state index contributed by atoms with van der Waals surface area (Å²) in [5.41, 5.74) is 14.0. The van der Waals surface area contributed by atoms with Crippen LogP contribution in [0.5, 0.6) is 11.5 Å². The summed E-state index contributed by atoms with van der Waals surface area (Å²) in [5, 5.41) is 0.473. The molecule has 0 radical (unpaired) electrons. The van der Waals surface area contributed by atoms with Crippen LogP contribution in [0.4, 0.5) is 0 Å². The predicted octanol–water partition coefficient (Wildman–Crippen LogP) is 15.4. The molecule has 6 aromatic rings. The van der Waals surface area contributed by atoms with Gasteiger partial charge in [-0.25, -0.2) is 0 Å².